The molecule has 0 radical (unpaired) electrons. The summed E-state index contributed by atoms with van der Waals surface area (Å²) < 4.78 is 0. The summed E-state index contributed by atoms with van der Waals surface area (Å²) in [5.41, 5.74) is 1.36. The minimum atomic E-state index is -1.26. The summed E-state index contributed by atoms with van der Waals surface area (Å²) in [5, 5.41) is 10.8. The Kier molecular flexibility index (Phi) is 9.16. The Labute approximate surface area is 238 Å². The molecule has 5 N–H and O–H groups in total. The van der Waals surface area contributed by atoms with Gasteiger partial charge in [-0.05, 0) is 57.7 Å². The maximum Gasteiger partial charge on any atom is 0.290 e. The molecule has 2 aromatic carbocycles. The van der Waals surface area contributed by atoms with Gasteiger partial charge in [-0.2, -0.15) is 0 Å². The number of rotatable bonds is 10. The van der Waals surface area contributed by atoms with Gasteiger partial charge in [-0.1, -0.05) is 42.5 Å². The summed E-state index contributed by atoms with van der Waals surface area (Å²) in [7, 11) is 0. The van der Waals surface area contributed by atoms with Gasteiger partial charge in [0.2, 0.25) is 17.6 Å². The third kappa shape index (κ3) is 8.00. The molecule has 0 spiro atoms. The molecule has 4 rings (SSSR count). The molecule has 0 saturated carbocycles. The van der Waals surface area contributed by atoms with Crippen molar-refractivity contribution >= 4 is 40.4 Å². The van der Waals surface area contributed by atoms with Crippen molar-refractivity contribution in [3.8, 4) is 0 Å². The van der Waals surface area contributed by atoms with Crippen LogP contribution in [0.25, 0.3) is 11.0 Å². The number of fused-ring (bicyclic) bond motifs is 1. The zero-order valence-corrected chi connectivity index (χ0v) is 23.5. The van der Waals surface area contributed by atoms with E-state index in [2.05, 4.69) is 31.2 Å². The standard InChI is InChI=1S/C30H36N6O5/c1-30(2,3)36-28(40)24(37)22(17-19-12-9-15-31-26(19)38)34-27(39)23(16-18-10-5-4-6-11-18)35-29(41)25-32-20-13-7-8-14-21(20)33-25/h4-8,10-11,13-14,19,22-23H,9,12,15-17H2,1-3H3,(H,31,38)(H,32,33)(H,34,39)(H,35,41)(H,36,40)/t19-,22-,23-/m0/s1. The first-order valence-electron chi connectivity index (χ1n) is 13.7. The number of nitrogens with one attached hydrogen (secondary N) is 5. The van der Waals surface area contributed by atoms with Gasteiger partial charge in [0.05, 0.1) is 17.1 Å². The normalized spacial score (nSPS) is 16.8. The molecule has 41 heavy (non-hydrogen) atoms. The molecule has 0 aliphatic carbocycles. The van der Waals surface area contributed by atoms with Crippen LogP contribution < -0.4 is 21.3 Å². The van der Waals surface area contributed by atoms with E-state index >= 15 is 0 Å². The van der Waals surface area contributed by atoms with Crippen molar-refractivity contribution in [2.45, 2.75) is 64.1 Å². The van der Waals surface area contributed by atoms with E-state index in [0.717, 1.165) is 12.0 Å². The minimum absolute atomic E-state index is 0.0353. The zero-order chi connectivity index (χ0) is 29.6. The highest BCUT2D eigenvalue weighted by atomic mass is 16.2. The minimum Gasteiger partial charge on any atom is -0.356 e. The van der Waals surface area contributed by atoms with Crippen LogP contribution >= 0.6 is 0 Å². The van der Waals surface area contributed by atoms with Crippen molar-refractivity contribution in [1.82, 2.24) is 31.2 Å². The number of hydrogen-bond acceptors (Lipinski definition) is 6. The molecular weight excluding hydrogens is 524 g/mol. The molecule has 11 heteroatoms. The van der Waals surface area contributed by atoms with Crippen LogP contribution in [0.5, 0.6) is 0 Å². The van der Waals surface area contributed by atoms with E-state index in [1.807, 2.05) is 36.4 Å². The van der Waals surface area contributed by atoms with Crippen molar-refractivity contribution in [3.63, 3.8) is 0 Å². The fraction of sp³-hybridized carbons (Fsp3) is 0.400. The van der Waals surface area contributed by atoms with Crippen molar-refractivity contribution in [1.29, 1.82) is 0 Å². The average molecular weight is 561 g/mol. The molecule has 216 valence electrons. The van der Waals surface area contributed by atoms with Crippen LogP contribution in [-0.2, 0) is 25.6 Å². The van der Waals surface area contributed by atoms with Gasteiger partial charge in [0.25, 0.3) is 11.8 Å². The molecule has 11 nitrogen and oxygen atoms in total. The number of hydrogen-bond donors (Lipinski definition) is 5. The zero-order valence-electron chi connectivity index (χ0n) is 23.5. The van der Waals surface area contributed by atoms with Crippen LogP contribution in [-0.4, -0.2) is 63.5 Å². The number of Topliss-reactive ketones (excluding diaryl/α,β-unsaturated/α-hetero) is 1. The van der Waals surface area contributed by atoms with Crippen LogP contribution in [0.3, 0.4) is 0 Å². The van der Waals surface area contributed by atoms with Crippen molar-refractivity contribution in [2.24, 2.45) is 5.92 Å². The number of imidazole rings is 1. The number of nitrogens with zero attached hydrogens (tertiary/aromatic N) is 1. The first-order chi connectivity index (χ1) is 19.5. The predicted octanol–water partition coefficient (Wildman–Crippen LogP) is 1.79. The van der Waals surface area contributed by atoms with Gasteiger partial charge in [-0.25, -0.2) is 4.98 Å². The molecule has 1 aromatic heterocycles. The lowest BCUT2D eigenvalue weighted by Gasteiger charge is -2.28. The first kappa shape index (κ1) is 29.4. The lowest BCUT2D eigenvalue weighted by molar-refractivity contribution is -0.142. The summed E-state index contributed by atoms with van der Waals surface area (Å²) in [5.74, 6) is -3.70. The highest BCUT2D eigenvalue weighted by molar-refractivity contribution is 6.38. The quantitative estimate of drug-likeness (QED) is 0.238. The maximum atomic E-state index is 13.7. The Bertz CT molecular complexity index is 1390. The van der Waals surface area contributed by atoms with E-state index in [-0.39, 0.29) is 24.6 Å². The summed E-state index contributed by atoms with van der Waals surface area (Å²) in [6, 6.07) is 13.9. The van der Waals surface area contributed by atoms with E-state index in [1.165, 1.54) is 0 Å². The SMILES string of the molecule is CC(C)(C)NC(=O)C(=O)[C@H](C[C@@H]1CCCNC1=O)NC(=O)[C@H](Cc1ccccc1)NC(=O)c1nc2ccccc2[nH]1. The monoisotopic (exact) mass is 560 g/mol. The Morgan fingerprint density at radius 1 is 0.976 bits per heavy atom. The van der Waals surface area contributed by atoms with Gasteiger partial charge in [0.1, 0.15) is 6.04 Å². The maximum absolute atomic E-state index is 13.7. The van der Waals surface area contributed by atoms with Crippen LogP contribution in [0.15, 0.2) is 54.6 Å². The number of benzene rings is 2. The number of H-pyrrole nitrogens is 1. The largest absolute Gasteiger partial charge is 0.356 e. The van der Waals surface area contributed by atoms with Crippen LogP contribution in [0.2, 0.25) is 0 Å². The molecule has 0 bridgehead atoms. The summed E-state index contributed by atoms with van der Waals surface area (Å²) in [6.45, 7) is 5.76. The van der Waals surface area contributed by atoms with Gasteiger partial charge in [-0.3, -0.25) is 24.0 Å². The van der Waals surface area contributed by atoms with Crippen LogP contribution in [0, 0.1) is 5.92 Å². The fourth-order valence-electron chi connectivity index (χ4n) is 4.76. The van der Waals surface area contributed by atoms with Gasteiger partial charge >= 0.3 is 0 Å². The number of para-hydroxylation sites is 2. The molecule has 3 atom stereocenters. The highest BCUT2D eigenvalue weighted by Gasteiger charge is 2.36. The molecule has 4 amide bonds. The summed E-state index contributed by atoms with van der Waals surface area (Å²) >= 11 is 0. The Balaban J connectivity index is 1.57. The topological polar surface area (TPSA) is 162 Å². The second-order valence-electron chi connectivity index (χ2n) is 11.3. The molecular formula is C30H36N6O5. The van der Waals surface area contributed by atoms with E-state index in [4.69, 9.17) is 0 Å². The lowest BCUT2D eigenvalue weighted by Crippen LogP contribution is -2.57. The second kappa shape index (κ2) is 12.8. The fourth-order valence-corrected chi connectivity index (χ4v) is 4.76. The number of piperidine rings is 1. The predicted molar refractivity (Wildman–Crippen MR) is 153 cm³/mol. The number of carbonyl (C=O) groups is 5. The molecule has 0 unspecified atom stereocenters. The van der Waals surface area contributed by atoms with Crippen molar-refractivity contribution in [2.75, 3.05) is 6.54 Å². The van der Waals surface area contributed by atoms with Crippen LogP contribution in [0.1, 0.15) is 56.2 Å². The number of carbonyl (C=O) groups excluding carboxylic acids is 5. The molecule has 1 saturated heterocycles. The van der Waals surface area contributed by atoms with E-state index in [0.29, 0.717) is 24.0 Å². The van der Waals surface area contributed by atoms with Crippen LogP contribution in [0.4, 0.5) is 0 Å². The smallest absolute Gasteiger partial charge is 0.290 e. The lowest BCUT2D eigenvalue weighted by atomic mass is 9.89. The number of ketones is 1. The molecule has 1 aliphatic rings. The van der Waals surface area contributed by atoms with Crippen molar-refractivity contribution in [3.05, 3.63) is 66.0 Å². The number of amides is 4. The Morgan fingerprint density at radius 3 is 2.37 bits per heavy atom. The first-order valence-corrected chi connectivity index (χ1v) is 13.7. The van der Waals surface area contributed by atoms with E-state index in [1.54, 1.807) is 39.0 Å². The Hall–Kier alpha value is -4.54. The third-order valence-corrected chi connectivity index (χ3v) is 6.77. The highest BCUT2D eigenvalue weighted by Crippen LogP contribution is 2.19. The third-order valence-electron chi connectivity index (χ3n) is 6.77. The van der Waals surface area contributed by atoms with Crippen molar-refractivity contribution < 1.29 is 24.0 Å². The molecule has 1 aliphatic heterocycles. The van der Waals surface area contributed by atoms with Gasteiger partial charge in [-0.15, -0.1) is 0 Å². The molecule has 1 fully saturated rings. The van der Waals surface area contributed by atoms with Gasteiger partial charge < -0.3 is 26.3 Å². The van der Waals surface area contributed by atoms with Gasteiger partial charge in [0, 0.05) is 24.4 Å². The molecule has 2 heterocycles. The van der Waals surface area contributed by atoms with Gasteiger partial charge in [0.15, 0.2) is 5.82 Å². The molecule has 3 aromatic rings. The number of aromatic nitrogens is 2. The summed E-state index contributed by atoms with van der Waals surface area (Å²) in [4.78, 5) is 72.8. The summed E-state index contributed by atoms with van der Waals surface area (Å²) in [6.07, 6.45) is 1.34. The average Bonchev–Trinajstić information content (AvgIpc) is 3.37. The second-order valence-corrected chi connectivity index (χ2v) is 11.3. The Morgan fingerprint density at radius 2 is 1.68 bits per heavy atom. The van der Waals surface area contributed by atoms with E-state index in [9.17, 15) is 24.0 Å². The van der Waals surface area contributed by atoms with E-state index < -0.39 is 47.0 Å². The number of aromatic amines is 1.